The molecule has 0 radical (unpaired) electrons. The highest BCUT2D eigenvalue weighted by atomic mass is 16.5. The lowest BCUT2D eigenvalue weighted by atomic mass is 9.88. The Bertz CT molecular complexity index is 473. The maximum atomic E-state index is 12.3. The Kier molecular flexibility index (Phi) is 4.50. The van der Waals surface area contributed by atoms with Crippen molar-refractivity contribution in [3.05, 3.63) is 23.2 Å². The summed E-state index contributed by atoms with van der Waals surface area (Å²) in [5, 5.41) is 3.05. The predicted octanol–water partition coefficient (Wildman–Crippen LogP) is 1.74. The van der Waals surface area contributed by atoms with E-state index in [9.17, 15) is 4.79 Å². The van der Waals surface area contributed by atoms with E-state index in [4.69, 9.17) is 9.15 Å². The second-order valence-electron chi connectivity index (χ2n) is 5.74. The quantitative estimate of drug-likeness (QED) is 0.912. The van der Waals surface area contributed by atoms with Crippen molar-refractivity contribution in [3.8, 4) is 0 Å². The third kappa shape index (κ3) is 3.04. The van der Waals surface area contributed by atoms with Crippen LogP contribution in [0.4, 0.5) is 0 Å². The Morgan fingerprint density at radius 3 is 2.50 bits per heavy atom. The van der Waals surface area contributed by atoms with Gasteiger partial charge in [0, 0.05) is 25.3 Å². The van der Waals surface area contributed by atoms with Gasteiger partial charge in [-0.05, 0) is 46.9 Å². The van der Waals surface area contributed by atoms with Crippen LogP contribution in [0.15, 0.2) is 10.5 Å². The number of ether oxygens (including phenoxy) is 1. The molecule has 1 aliphatic heterocycles. The first-order chi connectivity index (χ1) is 9.44. The molecule has 112 valence electrons. The van der Waals surface area contributed by atoms with Crippen molar-refractivity contribution in [1.82, 2.24) is 10.2 Å². The SMILES string of the molecule is Cc1cc(C(=O)NCC2(N(C)C)CCOCC2)c(C)o1. The Labute approximate surface area is 120 Å². The molecule has 0 saturated carbocycles. The van der Waals surface area contributed by atoms with E-state index in [0.29, 0.717) is 17.9 Å². The van der Waals surface area contributed by atoms with Gasteiger partial charge in [-0.25, -0.2) is 0 Å². The third-order valence-corrected chi connectivity index (χ3v) is 4.24. The summed E-state index contributed by atoms with van der Waals surface area (Å²) in [7, 11) is 4.12. The number of nitrogens with one attached hydrogen (secondary N) is 1. The van der Waals surface area contributed by atoms with Crippen LogP contribution in [0, 0.1) is 13.8 Å². The molecule has 5 nitrogen and oxygen atoms in total. The van der Waals surface area contributed by atoms with E-state index in [0.717, 1.165) is 31.8 Å². The molecular weight excluding hydrogens is 256 g/mol. The van der Waals surface area contributed by atoms with Crippen LogP contribution < -0.4 is 5.32 Å². The first-order valence-electron chi connectivity index (χ1n) is 7.05. The Morgan fingerprint density at radius 2 is 2.00 bits per heavy atom. The first kappa shape index (κ1) is 15.1. The lowest BCUT2D eigenvalue weighted by Crippen LogP contribution is -2.55. The van der Waals surface area contributed by atoms with Crippen molar-refractivity contribution in [3.63, 3.8) is 0 Å². The summed E-state index contributed by atoms with van der Waals surface area (Å²) in [5.74, 6) is 1.37. The molecule has 1 saturated heterocycles. The minimum absolute atomic E-state index is 0.0133. The molecule has 0 unspecified atom stereocenters. The number of hydrogen-bond donors (Lipinski definition) is 1. The van der Waals surface area contributed by atoms with Crippen LogP contribution >= 0.6 is 0 Å². The molecule has 0 atom stereocenters. The molecule has 1 aliphatic rings. The van der Waals surface area contributed by atoms with E-state index >= 15 is 0 Å². The predicted molar refractivity (Wildman–Crippen MR) is 77.0 cm³/mol. The number of amides is 1. The summed E-state index contributed by atoms with van der Waals surface area (Å²) in [6.45, 7) is 5.79. The maximum Gasteiger partial charge on any atom is 0.254 e. The molecule has 5 heteroatoms. The van der Waals surface area contributed by atoms with Crippen molar-refractivity contribution in [2.45, 2.75) is 32.2 Å². The van der Waals surface area contributed by atoms with Crippen molar-refractivity contribution in [2.24, 2.45) is 0 Å². The maximum absolute atomic E-state index is 12.3. The smallest absolute Gasteiger partial charge is 0.254 e. The summed E-state index contributed by atoms with van der Waals surface area (Å²) in [5.41, 5.74) is 0.615. The van der Waals surface area contributed by atoms with Crippen LogP contribution in [-0.4, -0.2) is 50.2 Å². The van der Waals surface area contributed by atoms with Crippen LogP contribution in [0.2, 0.25) is 0 Å². The van der Waals surface area contributed by atoms with Gasteiger partial charge in [0.05, 0.1) is 5.56 Å². The van der Waals surface area contributed by atoms with Crippen LogP contribution in [0.5, 0.6) is 0 Å². The highest BCUT2D eigenvalue weighted by molar-refractivity contribution is 5.95. The number of furan rings is 1. The second-order valence-corrected chi connectivity index (χ2v) is 5.74. The Balaban J connectivity index is 2.02. The molecule has 1 aromatic heterocycles. The summed E-state index contributed by atoms with van der Waals surface area (Å²) in [6.07, 6.45) is 1.87. The van der Waals surface area contributed by atoms with Gasteiger partial charge >= 0.3 is 0 Å². The lowest BCUT2D eigenvalue weighted by molar-refractivity contribution is -0.00658. The van der Waals surface area contributed by atoms with Gasteiger partial charge in [0.1, 0.15) is 11.5 Å². The number of carbonyl (C=O) groups is 1. The van der Waals surface area contributed by atoms with E-state index in [2.05, 4.69) is 24.3 Å². The molecule has 1 fully saturated rings. The first-order valence-corrected chi connectivity index (χ1v) is 7.05. The van der Waals surface area contributed by atoms with Crippen molar-refractivity contribution in [2.75, 3.05) is 33.9 Å². The van der Waals surface area contributed by atoms with Crippen LogP contribution in [0.25, 0.3) is 0 Å². The van der Waals surface area contributed by atoms with E-state index in [1.807, 2.05) is 13.8 Å². The summed E-state index contributed by atoms with van der Waals surface area (Å²) < 4.78 is 10.8. The fourth-order valence-corrected chi connectivity index (χ4v) is 2.73. The monoisotopic (exact) mass is 280 g/mol. The summed E-state index contributed by atoms with van der Waals surface area (Å²) in [4.78, 5) is 14.5. The van der Waals surface area contributed by atoms with Crippen LogP contribution in [0.3, 0.4) is 0 Å². The van der Waals surface area contributed by atoms with Gasteiger partial charge in [-0.15, -0.1) is 0 Å². The molecule has 0 aromatic carbocycles. The van der Waals surface area contributed by atoms with E-state index in [-0.39, 0.29) is 11.4 Å². The highest BCUT2D eigenvalue weighted by Crippen LogP contribution is 2.25. The third-order valence-electron chi connectivity index (χ3n) is 4.24. The zero-order valence-corrected chi connectivity index (χ0v) is 12.8. The standard InChI is InChI=1S/C15H24N2O3/c1-11-9-13(12(2)20-11)14(18)16-10-15(17(3)4)5-7-19-8-6-15/h9H,5-8,10H2,1-4H3,(H,16,18). The van der Waals surface area contributed by atoms with Crippen molar-refractivity contribution in [1.29, 1.82) is 0 Å². The molecule has 20 heavy (non-hydrogen) atoms. The van der Waals surface area contributed by atoms with Gasteiger partial charge in [0.2, 0.25) is 0 Å². The van der Waals surface area contributed by atoms with E-state index in [1.54, 1.807) is 6.07 Å². The van der Waals surface area contributed by atoms with Crippen LogP contribution in [-0.2, 0) is 4.74 Å². The largest absolute Gasteiger partial charge is 0.466 e. The number of aryl methyl sites for hydroxylation is 2. The average Bonchev–Trinajstić information content (AvgIpc) is 2.76. The normalized spacial score (nSPS) is 18.2. The Morgan fingerprint density at radius 1 is 1.35 bits per heavy atom. The van der Waals surface area contributed by atoms with Gasteiger partial charge in [-0.1, -0.05) is 0 Å². The van der Waals surface area contributed by atoms with Gasteiger partial charge in [-0.2, -0.15) is 0 Å². The lowest BCUT2D eigenvalue weighted by Gasteiger charge is -2.42. The molecule has 0 aliphatic carbocycles. The fraction of sp³-hybridized carbons (Fsp3) is 0.667. The number of carbonyl (C=O) groups excluding carboxylic acids is 1. The fourth-order valence-electron chi connectivity index (χ4n) is 2.73. The highest BCUT2D eigenvalue weighted by Gasteiger charge is 2.35. The second kappa shape index (κ2) is 5.97. The zero-order valence-electron chi connectivity index (χ0n) is 12.8. The number of likely N-dealkylation sites (N-methyl/N-ethyl adjacent to an activating group) is 1. The van der Waals surface area contributed by atoms with E-state index in [1.165, 1.54) is 0 Å². The van der Waals surface area contributed by atoms with Gasteiger partial charge < -0.3 is 19.4 Å². The van der Waals surface area contributed by atoms with Crippen molar-refractivity contribution < 1.29 is 13.9 Å². The molecule has 1 aromatic rings. The van der Waals surface area contributed by atoms with E-state index < -0.39 is 0 Å². The summed E-state index contributed by atoms with van der Waals surface area (Å²) in [6, 6.07) is 1.79. The molecule has 2 rings (SSSR count). The molecule has 0 bridgehead atoms. The Hall–Kier alpha value is -1.33. The summed E-state index contributed by atoms with van der Waals surface area (Å²) >= 11 is 0. The van der Waals surface area contributed by atoms with Gasteiger partial charge in [0.25, 0.3) is 5.91 Å². The average molecular weight is 280 g/mol. The number of hydrogen-bond acceptors (Lipinski definition) is 4. The van der Waals surface area contributed by atoms with Gasteiger partial charge in [-0.3, -0.25) is 4.79 Å². The molecule has 1 amide bonds. The van der Waals surface area contributed by atoms with Crippen LogP contribution in [0.1, 0.15) is 34.7 Å². The minimum Gasteiger partial charge on any atom is -0.466 e. The topological polar surface area (TPSA) is 54.7 Å². The zero-order chi connectivity index (χ0) is 14.8. The molecular formula is C15H24N2O3. The number of nitrogens with zero attached hydrogens (tertiary/aromatic N) is 1. The van der Waals surface area contributed by atoms with Gasteiger partial charge in [0.15, 0.2) is 0 Å². The molecule has 2 heterocycles. The minimum atomic E-state index is -0.0629. The number of rotatable bonds is 4. The van der Waals surface area contributed by atoms with Crippen molar-refractivity contribution >= 4 is 5.91 Å². The molecule has 1 N–H and O–H groups in total. The molecule has 0 spiro atoms.